The van der Waals surface area contributed by atoms with Gasteiger partial charge in [0.15, 0.2) is 11.7 Å². The van der Waals surface area contributed by atoms with Crippen molar-refractivity contribution < 1.29 is 14.3 Å². The summed E-state index contributed by atoms with van der Waals surface area (Å²) in [7, 11) is 0. The summed E-state index contributed by atoms with van der Waals surface area (Å²) < 4.78 is 5.61. The van der Waals surface area contributed by atoms with Crippen molar-refractivity contribution in [1.82, 2.24) is 15.1 Å². The minimum absolute atomic E-state index is 0.0429. The summed E-state index contributed by atoms with van der Waals surface area (Å²) in [5.74, 6) is -0.383. The third kappa shape index (κ3) is 4.52. The molecule has 36 heavy (non-hydrogen) atoms. The molecule has 3 atom stereocenters. The number of hydrogen-bond acceptors (Lipinski definition) is 7. The number of halogens is 1. The van der Waals surface area contributed by atoms with Crippen molar-refractivity contribution >= 4 is 46.0 Å². The molecule has 1 saturated heterocycles. The highest BCUT2D eigenvalue weighted by Crippen LogP contribution is 2.41. The summed E-state index contributed by atoms with van der Waals surface area (Å²) >= 11 is 6.76. The molecule has 0 spiro atoms. The number of ether oxygens (including phenoxy) is 1. The number of nitrogens with two attached hydrogens (primary N) is 1. The van der Waals surface area contributed by atoms with E-state index in [2.05, 4.69) is 15.5 Å². The molecule has 2 aliphatic rings. The van der Waals surface area contributed by atoms with Gasteiger partial charge in [0, 0.05) is 23.6 Å². The van der Waals surface area contributed by atoms with E-state index in [-0.39, 0.29) is 36.1 Å². The van der Waals surface area contributed by atoms with Crippen molar-refractivity contribution in [2.24, 2.45) is 10.7 Å². The molecule has 5 rings (SSSR count). The molecule has 1 fully saturated rings. The van der Waals surface area contributed by atoms with Crippen LogP contribution in [0.3, 0.4) is 0 Å². The van der Waals surface area contributed by atoms with Gasteiger partial charge < -0.3 is 15.8 Å². The number of carbonyl (C=O) groups is 2. The number of amides is 2. The highest BCUT2D eigenvalue weighted by molar-refractivity contribution is 6.35. The molecule has 3 heterocycles. The largest absolute Gasteiger partial charge is 0.378 e. The van der Waals surface area contributed by atoms with Crippen LogP contribution in [-0.2, 0) is 15.1 Å². The van der Waals surface area contributed by atoms with E-state index >= 15 is 0 Å². The first kappa shape index (κ1) is 24.1. The van der Waals surface area contributed by atoms with Crippen molar-refractivity contribution in [3.05, 3.63) is 64.8 Å². The lowest BCUT2D eigenvalue weighted by Gasteiger charge is -2.41. The third-order valence-electron chi connectivity index (χ3n) is 6.75. The molecule has 2 amide bonds. The molecule has 10 heteroatoms. The van der Waals surface area contributed by atoms with Gasteiger partial charge in [-0.3, -0.25) is 14.5 Å². The van der Waals surface area contributed by atoms with Gasteiger partial charge in [-0.2, -0.15) is 0 Å². The SMILES string of the molecule is C[C@@H]1C[C@H](N2C(=O)C[C@@](C)(c3cccc(NC(=O)c4cc5ccccc5nn4)c3Cl)N=C2N)CCO1. The molecule has 0 unspecified atom stereocenters. The second kappa shape index (κ2) is 9.48. The maximum atomic E-state index is 13.3. The van der Waals surface area contributed by atoms with Crippen LogP contribution < -0.4 is 11.1 Å². The number of guanidine groups is 1. The number of benzene rings is 2. The van der Waals surface area contributed by atoms with Crippen LogP contribution in [-0.4, -0.2) is 51.6 Å². The second-order valence-electron chi connectivity index (χ2n) is 9.45. The van der Waals surface area contributed by atoms with Crippen LogP contribution in [0.4, 0.5) is 5.69 Å². The number of aliphatic imine (C=N–C) groups is 1. The molecule has 0 saturated carbocycles. The first-order valence-corrected chi connectivity index (χ1v) is 12.2. The van der Waals surface area contributed by atoms with Crippen LogP contribution in [0.2, 0.25) is 5.02 Å². The molecule has 0 radical (unpaired) electrons. The molecule has 0 aliphatic carbocycles. The zero-order valence-electron chi connectivity index (χ0n) is 20.1. The Kier molecular flexibility index (Phi) is 6.36. The molecule has 2 aromatic carbocycles. The summed E-state index contributed by atoms with van der Waals surface area (Å²) in [6.07, 6.45) is 1.58. The normalized spacial score (nSPS) is 24.5. The summed E-state index contributed by atoms with van der Waals surface area (Å²) in [6, 6.07) is 14.3. The number of aromatic nitrogens is 2. The predicted molar refractivity (Wildman–Crippen MR) is 138 cm³/mol. The Balaban J connectivity index is 1.41. The van der Waals surface area contributed by atoms with E-state index in [1.165, 1.54) is 0 Å². The van der Waals surface area contributed by atoms with E-state index in [9.17, 15) is 9.59 Å². The van der Waals surface area contributed by atoms with E-state index < -0.39 is 11.4 Å². The Morgan fingerprint density at radius 3 is 2.81 bits per heavy atom. The van der Waals surface area contributed by atoms with Crippen molar-refractivity contribution in [2.75, 3.05) is 11.9 Å². The average Bonchev–Trinajstić information content (AvgIpc) is 2.84. The monoisotopic (exact) mass is 506 g/mol. The van der Waals surface area contributed by atoms with Crippen molar-refractivity contribution in [1.29, 1.82) is 0 Å². The van der Waals surface area contributed by atoms with Gasteiger partial charge in [-0.15, -0.1) is 10.2 Å². The zero-order chi connectivity index (χ0) is 25.4. The van der Waals surface area contributed by atoms with Gasteiger partial charge in [0.25, 0.3) is 5.91 Å². The lowest BCUT2D eigenvalue weighted by Crippen LogP contribution is -2.56. The first-order valence-electron chi connectivity index (χ1n) is 11.9. The maximum absolute atomic E-state index is 13.3. The van der Waals surface area contributed by atoms with E-state index in [0.717, 1.165) is 5.39 Å². The van der Waals surface area contributed by atoms with Gasteiger partial charge in [-0.1, -0.05) is 41.9 Å². The number of nitrogens with zero attached hydrogens (tertiary/aromatic N) is 4. The number of carbonyl (C=O) groups excluding carboxylic acids is 2. The molecule has 3 N–H and O–H groups in total. The van der Waals surface area contributed by atoms with Crippen LogP contribution in [0.1, 0.15) is 49.2 Å². The smallest absolute Gasteiger partial charge is 0.276 e. The lowest BCUT2D eigenvalue weighted by molar-refractivity contribution is -0.133. The zero-order valence-corrected chi connectivity index (χ0v) is 20.8. The van der Waals surface area contributed by atoms with Crippen molar-refractivity contribution in [2.45, 2.75) is 50.8 Å². The third-order valence-corrected chi connectivity index (χ3v) is 7.16. The molecular weight excluding hydrogens is 480 g/mol. The molecular formula is C26H27ClN6O3. The standard InChI is InChI=1S/C26H27ClN6O3/c1-15-12-17(10-11-36-15)33-22(34)14-26(2,30-25(33)28)18-7-5-9-20(23(18)27)29-24(35)21-13-16-6-3-4-8-19(16)31-32-21/h3-9,13,15,17H,10-12,14H2,1-2H3,(H2,28,30)(H,29,35)/t15-,17-,26+/m1/s1. The Morgan fingerprint density at radius 2 is 2.03 bits per heavy atom. The van der Waals surface area contributed by atoms with Crippen molar-refractivity contribution in [3.63, 3.8) is 0 Å². The van der Waals surface area contributed by atoms with Crippen molar-refractivity contribution in [3.8, 4) is 0 Å². The lowest BCUT2D eigenvalue weighted by atomic mass is 9.86. The maximum Gasteiger partial charge on any atom is 0.276 e. The van der Waals surface area contributed by atoms with Crippen LogP contribution in [0.15, 0.2) is 53.5 Å². The summed E-state index contributed by atoms with van der Waals surface area (Å²) in [4.78, 5) is 32.5. The van der Waals surface area contributed by atoms with Gasteiger partial charge in [0.05, 0.1) is 34.3 Å². The minimum Gasteiger partial charge on any atom is -0.378 e. The van der Waals surface area contributed by atoms with E-state index in [1.807, 2.05) is 38.1 Å². The highest BCUT2D eigenvalue weighted by Gasteiger charge is 2.42. The molecule has 2 aliphatic heterocycles. The number of rotatable bonds is 4. The summed E-state index contributed by atoms with van der Waals surface area (Å²) in [5, 5.41) is 12.1. The first-order chi connectivity index (χ1) is 17.2. The van der Waals surface area contributed by atoms with E-state index in [1.54, 1.807) is 29.2 Å². The number of fused-ring (bicyclic) bond motifs is 1. The fraction of sp³-hybridized carbons (Fsp3) is 0.346. The number of anilines is 1. The minimum atomic E-state index is -0.977. The van der Waals surface area contributed by atoms with Gasteiger partial charge in [0.1, 0.15) is 0 Å². The van der Waals surface area contributed by atoms with Crippen LogP contribution >= 0.6 is 11.6 Å². The van der Waals surface area contributed by atoms with Crippen LogP contribution in [0.25, 0.3) is 10.9 Å². The van der Waals surface area contributed by atoms with Gasteiger partial charge in [-0.25, -0.2) is 4.99 Å². The highest BCUT2D eigenvalue weighted by atomic mass is 35.5. The van der Waals surface area contributed by atoms with Gasteiger partial charge in [0.2, 0.25) is 5.91 Å². The fourth-order valence-electron chi connectivity index (χ4n) is 4.93. The molecule has 3 aromatic rings. The Bertz CT molecular complexity index is 1380. The quantitative estimate of drug-likeness (QED) is 0.553. The van der Waals surface area contributed by atoms with E-state index in [0.29, 0.717) is 41.2 Å². The molecule has 1 aromatic heterocycles. The molecule has 9 nitrogen and oxygen atoms in total. The molecule has 186 valence electrons. The van der Waals surface area contributed by atoms with Gasteiger partial charge in [-0.05, 0) is 44.9 Å². The fourth-order valence-corrected chi connectivity index (χ4v) is 5.31. The topological polar surface area (TPSA) is 123 Å². The number of nitrogens with one attached hydrogen (secondary N) is 1. The van der Waals surface area contributed by atoms with Crippen LogP contribution in [0, 0.1) is 0 Å². The summed E-state index contributed by atoms with van der Waals surface area (Å²) in [6.45, 7) is 4.39. The Labute approximate surface area is 213 Å². The summed E-state index contributed by atoms with van der Waals surface area (Å²) in [5.41, 5.74) is 7.21. The molecule has 0 bridgehead atoms. The van der Waals surface area contributed by atoms with Gasteiger partial charge >= 0.3 is 0 Å². The van der Waals surface area contributed by atoms with Crippen LogP contribution in [0.5, 0.6) is 0 Å². The second-order valence-corrected chi connectivity index (χ2v) is 9.83. The predicted octanol–water partition coefficient (Wildman–Crippen LogP) is 3.87. The Morgan fingerprint density at radius 1 is 1.22 bits per heavy atom. The van der Waals surface area contributed by atoms with E-state index in [4.69, 9.17) is 27.1 Å². The Hall–Kier alpha value is -3.56. The average molecular weight is 507 g/mol. The number of hydrogen-bond donors (Lipinski definition) is 2.